The van der Waals surface area contributed by atoms with Gasteiger partial charge in [-0.05, 0) is 25.9 Å². The lowest BCUT2D eigenvalue weighted by Crippen LogP contribution is -2.38. The molecule has 4 nitrogen and oxygen atoms in total. The van der Waals surface area contributed by atoms with E-state index in [4.69, 9.17) is 5.73 Å². The molecule has 1 saturated heterocycles. The van der Waals surface area contributed by atoms with Gasteiger partial charge in [0.25, 0.3) is 0 Å². The molecule has 0 spiro atoms. The van der Waals surface area contributed by atoms with Gasteiger partial charge in [0.2, 0.25) is 5.91 Å². The fraction of sp³-hybridized carbons (Fsp3) is 0.500. The Labute approximate surface area is 104 Å². The summed E-state index contributed by atoms with van der Waals surface area (Å²) in [7, 11) is 0. The fourth-order valence-corrected chi connectivity index (χ4v) is 2.15. The summed E-state index contributed by atoms with van der Waals surface area (Å²) >= 11 is 0. The van der Waals surface area contributed by atoms with Gasteiger partial charge in [0.05, 0.1) is 11.9 Å². The quantitative estimate of drug-likeness (QED) is 0.878. The molecule has 1 aromatic rings. The van der Waals surface area contributed by atoms with E-state index >= 15 is 0 Å². The van der Waals surface area contributed by atoms with Crippen molar-refractivity contribution in [2.24, 2.45) is 11.7 Å². The van der Waals surface area contributed by atoms with Crippen molar-refractivity contribution < 1.29 is 13.6 Å². The first-order valence-electron chi connectivity index (χ1n) is 5.88. The first-order chi connectivity index (χ1) is 8.56. The van der Waals surface area contributed by atoms with Crippen LogP contribution in [0.15, 0.2) is 12.3 Å². The van der Waals surface area contributed by atoms with Gasteiger partial charge in [-0.2, -0.15) is 0 Å². The van der Waals surface area contributed by atoms with Gasteiger partial charge in [-0.15, -0.1) is 0 Å². The van der Waals surface area contributed by atoms with Gasteiger partial charge in [0.1, 0.15) is 11.6 Å². The summed E-state index contributed by atoms with van der Waals surface area (Å²) in [6.07, 6.45) is 2.37. The van der Waals surface area contributed by atoms with E-state index in [9.17, 15) is 13.6 Å². The Kier molecular flexibility index (Phi) is 3.86. The van der Waals surface area contributed by atoms with Crippen molar-refractivity contribution in [3.63, 3.8) is 0 Å². The zero-order valence-electron chi connectivity index (χ0n) is 9.90. The van der Waals surface area contributed by atoms with E-state index in [0.717, 1.165) is 12.3 Å². The molecule has 18 heavy (non-hydrogen) atoms. The summed E-state index contributed by atoms with van der Waals surface area (Å²) in [5.41, 5.74) is 5.46. The van der Waals surface area contributed by atoms with Crippen LogP contribution in [0.25, 0.3) is 0 Å². The maximum absolute atomic E-state index is 13.4. The Balaban J connectivity index is 1.93. The van der Waals surface area contributed by atoms with Crippen LogP contribution in [0.2, 0.25) is 0 Å². The molecule has 6 heteroatoms. The summed E-state index contributed by atoms with van der Waals surface area (Å²) < 4.78 is 26.1. The van der Waals surface area contributed by atoms with Gasteiger partial charge >= 0.3 is 0 Å². The standard InChI is InChI=1S/C12H15F2N3O/c13-9-5-10(14)11(16-6-9)7-17-3-1-8(2-4-17)12(15)18/h5-6,8H,1-4,7H2,(H2,15,18). The summed E-state index contributed by atoms with van der Waals surface area (Å²) in [6, 6.07) is 0.832. The lowest BCUT2D eigenvalue weighted by Gasteiger charge is -2.30. The zero-order chi connectivity index (χ0) is 13.1. The van der Waals surface area contributed by atoms with Crippen molar-refractivity contribution in [2.45, 2.75) is 19.4 Å². The van der Waals surface area contributed by atoms with E-state index in [1.54, 1.807) is 0 Å². The number of rotatable bonds is 3. The molecule has 2 rings (SSSR count). The molecule has 0 aromatic carbocycles. The molecule has 1 aliphatic heterocycles. The number of aromatic nitrogens is 1. The predicted octanol–water partition coefficient (Wildman–Crippen LogP) is 1.06. The smallest absolute Gasteiger partial charge is 0.220 e. The Morgan fingerprint density at radius 1 is 1.44 bits per heavy atom. The van der Waals surface area contributed by atoms with Crippen LogP contribution in [-0.2, 0) is 11.3 Å². The van der Waals surface area contributed by atoms with Gasteiger partial charge in [0.15, 0.2) is 0 Å². The summed E-state index contributed by atoms with van der Waals surface area (Å²) in [4.78, 5) is 16.7. The maximum atomic E-state index is 13.4. The van der Waals surface area contributed by atoms with Crippen LogP contribution in [0.1, 0.15) is 18.5 Å². The van der Waals surface area contributed by atoms with Crippen molar-refractivity contribution in [3.05, 3.63) is 29.6 Å². The largest absolute Gasteiger partial charge is 0.369 e. The molecule has 98 valence electrons. The second-order valence-electron chi connectivity index (χ2n) is 4.53. The number of nitrogens with zero attached hydrogens (tertiary/aromatic N) is 2. The number of carbonyl (C=O) groups excluding carboxylic acids is 1. The average molecular weight is 255 g/mol. The molecular weight excluding hydrogens is 240 g/mol. The van der Waals surface area contributed by atoms with Gasteiger partial charge in [-0.3, -0.25) is 14.7 Å². The number of nitrogens with two attached hydrogens (primary N) is 1. The Morgan fingerprint density at radius 2 is 2.11 bits per heavy atom. The molecule has 1 aromatic heterocycles. The summed E-state index contributed by atoms with van der Waals surface area (Å²) in [6.45, 7) is 1.68. The molecule has 0 radical (unpaired) electrons. The molecule has 0 aliphatic carbocycles. The van der Waals surface area contributed by atoms with E-state index in [2.05, 4.69) is 4.98 Å². The number of pyridine rings is 1. The zero-order valence-corrected chi connectivity index (χ0v) is 9.90. The van der Waals surface area contributed by atoms with E-state index in [1.807, 2.05) is 4.90 Å². The van der Waals surface area contributed by atoms with Gasteiger partial charge < -0.3 is 5.73 Å². The highest BCUT2D eigenvalue weighted by Gasteiger charge is 2.23. The first-order valence-corrected chi connectivity index (χ1v) is 5.88. The second kappa shape index (κ2) is 5.39. The SMILES string of the molecule is NC(=O)C1CCN(Cc2ncc(F)cc2F)CC1. The predicted molar refractivity (Wildman–Crippen MR) is 61.3 cm³/mol. The Bertz CT molecular complexity index is 445. The highest BCUT2D eigenvalue weighted by Crippen LogP contribution is 2.19. The summed E-state index contributed by atoms with van der Waals surface area (Å²) in [5.74, 6) is -1.68. The lowest BCUT2D eigenvalue weighted by atomic mass is 9.96. The number of likely N-dealkylation sites (tertiary alicyclic amines) is 1. The topological polar surface area (TPSA) is 59.2 Å². The van der Waals surface area contributed by atoms with E-state index in [-0.39, 0.29) is 17.5 Å². The van der Waals surface area contributed by atoms with Crippen molar-refractivity contribution in [1.29, 1.82) is 0 Å². The third-order valence-corrected chi connectivity index (χ3v) is 3.25. The number of piperidine rings is 1. The molecule has 1 fully saturated rings. The van der Waals surface area contributed by atoms with Gasteiger partial charge in [-0.1, -0.05) is 0 Å². The number of primary amides is 1. The molecular formula is C12H15F2N3O. The second-order valence-corrected chi connectivity index (χ2v) is 4.53. The minimum Gasteiger partial charge on any atom is -0.369 e. The van der Waals surface area contributed by atoms with E-state index in [0.29, 0.717) is 32.5 Å². The van der Waals surface area contributed by atoms with Crippen molar-refractivity contribution in [2.75, 3.05) is 13.1 Å². The van der Waals surface area contributed by atoms with Crippen molar-refractivity contribution in [3.8, 4) is 0 Å². The molecule has 0 saturated carbocycles. The molecule has 0 unspecified atom stereocenters. The molecule has 1 aliphatic rings. The van der Waals surface area contributed by atoms with E-state index < -0.39 is 11.6 Å². The van der Waals surface area contributed by atoms with Gasteiger partial charge in [-0.25, -0.2) is 8.78 Å². The Hall–Kier alpha value is -1.56. The first kappa shape index (κ1) is 12.9. The molecule has 0 atom stereocenters. The monoisotopic (exact) mass is 255 g/mol. The molecule has 0 bridgehead atoms. The molecule has 1 amide bonds. The van der Waals surface area contributed by atoms with E-state index in [1.165, 1.54) is 0 Å². The van der Waals surface area contributed by atoms with Crippen molar-refractivity contribution in [1.82, 2.24) is 9.88 Å². The van der Waals surface area contributed by atoms with Crippen LogP contribution < -0.4 is 5.73 Å². The van der Waals surface area contributed by atoms with Crippen LogP contribution >= 0.6 is 0 Å². The third kappa shape index (κ3) is 3.01. The van der Waals surface area contributed by atoms with Crippen molar-refractivity contribution >= 4 is 5.91 Å². The number of hydrogen-bond donors (Lipinski definition) is 1. The van der Waals surface area contributed by atoms with Gasteiger partial charge in [0, 0.05) is 18.5 Å². The number of halogens is 2. The summed E-state index contributed by atoms with van der Waals surface area (Å²) in [5, 5.41) is 0. The van der Waals surface area contributed by atoms with Crippen LogP contribution in [0.3, 0.4) is 0 Å². The lowest BCUT2D eigenvalue weighted by molar-refractivity contribution is -0.123. The number of carbonyl (C=O) groups is 1. The highest BCUT2D eigenvalue weighted by atomic mass is 19.1. The maximum Gasteiger partial charge on any atom is 0.220 e. The Morgan fingerprint density at radius 3 is 2.67 bits per heavy atom. The number of hydrogen-bond acceptors (Lipinski definition) is 3. The molecule has 2 heterocycles. The molecule has 2 N–H and O–H groups in total. The van der Waals surface area contributed by atoms with Crippen LogP contribution in [0.5, 0.6) is 0 Å². The third-order valence-electron chi connectivity index (χ3n) is 3.25. The minimum absolute atomic E-state index is 0.0905. The minimum atomic E-state index is -0.677. The highest BCUT2D eigenvalue weighted by molar-refractivity contribution is 5.76. The van der Waals surface area contributed by atoms with Crippen LogP contribution in [0.4, 0.5) is 8.78 Å². The van der Waals surface area contributed by atoms with Crippen LogP contribution in [-0.4, -0.2) is 28.9 Å². The van der Waals surface area contributed by atoms with Crippen LogP contribution in [0, 0.1) is 17.6 Å². The fourth-order valence-electron chi connectivity index (χ4n) is 2.15. The average Bonchev–Trinajstić information content (AvgIpc) is 2.33. The normalized spacial score (nSPS) is 17.9. The number of amides is 1.